The van der Waals surface area contributed by atoms with Crippen molar-refractivity contribution in [1.82, 2.24) is 9.88 Å². The maximum absolute atomic E-state index is 13.4. The first kappa shape index (κ1) is 23.8. The summed E-state index contributed by atoms with van der Waals surface area (Å²) < 4.78 is 25.0. The predicted octanol–water partition coefficient (Wildman–Crippen LogP) is 3.60. The summed E-state index contributed by atoms with van der Waals surface area (Å²) in [5.41, 5.74) is 0.520. The van der Waals surface area contributed by atoms with Crippen LogP contribution in [0, 0.1) is 10.1 Å². The van der Waals surface area contributed by atoms with Crippen molar-refractivity contribution in [2.45, 2.75) is 18.7 Å². The van der Waals surface area contributed by atoms with Gasteiger partial charge in [0, 0.05) is 37.0 Å². The van der Waals surface area contributed by atoms with Crippen LogP contribution in [0.25, 0.3) is 10.2 Å². The fourth-order valence-electron chi connectivity index (χ4n) is 3.27. The highest BCUT2D eigenvalue weighted by molar-refractivity contribution is 7.91. The third kappa shape index (κ3) is 5.12. The maximum atomic E-state index is 13.4. The molecule has 1 amide bonds. The first-order valence-electron chi connectivity index (χ1n) is 10.0. The number of nitro benzene ring substituents is 1. The van der Waals surface area contributed by atoms with E-state index in [0.717, 1.165) is 19.3 Å². The van der Waals surface area contributed by atoms with Crippen LogP contribution in [0.3, 0.4) is 0 Å². The summed E-state index contributed by atoms with van der Waals surface area (Å²) in [4.78, 5) is 32.1. The van der Waals surface area contributed by atoms with Crippen molar-refractivity contribution < 1.29 is 18.1 Å². The number of anilines is 1. The molecule has 0 fully saturated rings. The number of likely N-dealkylation sites (N-methyl/N-ethyl adjacent to an activating group) is 1. The van der Waals surface area contributed by atoms with Gasteiger partial charge in [0.1, 0.15) is 5.52 Å². The van der Waals surface area contributed by atoms with Crippen LogP contribution in [-0.4, -0.2) is 61.6 Å². The van der Waals surface area contributed by atoms with Crippen LogP contribution < -0.4 is 4.90 Å². The van der Waals surface area contributed by atoms with E-state index in [2.05, 4.69) is 9.88 Å². The second kappa shape index (κ2) is 9.72. The summed E-state index contributed by atoms with van der Waals surface area (Å²) in [6, 6.07) is 10.3. The number of para-hydroxylation sites is 1. The summed E-state index contributed by atoms with van der Waals surface area (Å²) in [7, 11) is -3.49. The number of benzene rings is 2. The highest BCUT2D eigenvalue weighted by Gasteiger charge is 2.24. The van der Waals surface area contributed by atoms with E-state index in [1.807, 2.05) is 13.8 Å². The summed E-state index contributed by atoms with van der Waals surface area (Å²) in [6.45, 7) is 6.62. The fraction of sp³-hybridized carbons (Fsp3) is 0.333. The van der Waals surface area contributed by atoms with Crippen molar-refractivity contribution in [2.75, 3.05) is 37.3 Å². The highest BCUT2D eigenvalue weighted by atomic mass is 32.2. The quantitative estimate of drug-likeness (QED) is 0.342. The lowest BCUT2D eigenvalue weighted by Gasteiger charge is -2.24. The van der Waals surface area contributed by atoms with Crippen LogP contribution >= 0.6 is 11.3 Å². The van der Waals surface area contributed by atoms with Gasteiger partial charge in [-0.2, -0.15) is 0 Å². The van der Waals surface area contributed by atoms with Crippen molar-refractivity contribution in [2.24, 2.45) is 0 Å². The topological polar surface area (TPSA) is 114 Å². The normalized spacial score (nSPS) is 11.8. The Bertz CT molecular complexity index is 1230. The third-order valence-electron chi connectivity index (χ3n) is 5.11. The SMILES string of the molecule is CCN(CC)CCN(C(=O)c1ccc([N+](=O)[O-])cc1)c1nc2c(S(C)(=O)=O)cccc2s1. The number of nitro groups is 1. The number of carbonyl (C=O) groups is 1. The van der Waals surface area contributed by atoms with Crippen LogP contribution in [-0.2, 0) is 9.84 Å². The van der Waals surface area contributed by atoms with E-state index in [1.54, 1.807) is 12.1 Å². The molecule has 0 aliphatic carbocycles. The number of rotatable bonds is 9. The van der Waals surface area contributed by atoms with Gasteiger partial charge in [0.05, 0.1) is 14.5 Å². The Balaban J connectivity index is 2.04. The minimum absolute atomic E-state index is 0.103. The summed E-state index contributed by atoms with van der Waals surface area (Å²) in [5.74, 6) is -0.355. The molecule has 0 atom stereocenters. The number of aromatic nitrogens is 1. The molecular formula is C21H24N4O5S2. The molecule has 32 heavy (non-hydrogen) atoms. The Kier molecular flexibility index (Phi) is 7.22. The second-order valence-corrected chi connectivity index (χ2v) is 10.2. The smallest absolute Gasteiger partial charge is 0.269 e. The van der Waals surface area contributed by atoms with Gasteiger partial charge in [-0.15, -0.1) is 0 Å². The number of sulfone groups is 1. The van der Waals surface area contributed by atoms with E-state index in [4.69, 9.17) is 0 Å². The van der Waals surface area contributed by atoms with Crippen molar-refractivity contribution in [3.8, 4) is 0 Å². The van der Waals surface area contributed by atoms with Crippen molar-refractivity contribution in [1.29, 1.82) is 0 Å². The Morgan fingerprint density at radius 2 is 1.75 bits per heavy atom. The number of non-ortho nitro benzene ring substituents is 1. The van der Waals surface area contributed by atoms with E-state index in [9.17, 15) is 23.3 Å². The average Bonchev–Trinajstić information content (AvgIpc) is 3.19. The summed E-state index contributed by atoms with van der Waals surface area (Å²) >= 11 is 1.24. The van der Waals surface area contributed by atoms with Crippen LogP contribution in [0.15, 0.2) is 47.4 Å². The molecule has 3 rings (SSSR count). The molecule has 0 aliphatic rings. The Morgan fingerprint density at radius 3 is 2.31 bits per heavy atom. The molecule has 0 spiro atoms. The number of nitrogens with zero attached hydrogens (tertiary/aromatic N) is 4. The van der Waals surface area contributed by atoms with E-state index in [0.29, 0.717) is 28.4 Å². The summed E-state index contributed by atoms with van der Waals surface area (Å²) in [5, 5.41) is 11.3. The molecule has 0 aliphatic heterocycles. The first-order valence-corrected chi connectivity index (χ1v) is 12.7. The van der Waals surface area contributed by atoms with E-state index in [1.165, 1.54) is 46.6 Å². The fourth-order valence-corrected chi connectivity index (χ4v) is 5.19. The molecule has 1 aromatic heterocycles. The molecule has 1 heterocycles. The molecule has 2 aromatic carbocycles. The lowest BCUT2D eigenvalue weighted by molar-refractivity contribution is -0.384. The Labute approximate surface area is 190 Å². The van der Waals surface area contributed by atoms with Crippen molar-refractivity contribution in [3.63, 3.8) is 0 Å². The van der Waals surface area contributed by atoms with E-state index in [-0.39, 0.29) is 22.1 Å². The van der Waals surface area contributed by atoms with Crippen LogP contribution in [0.2, 0.25) is 0 Å². The van der Waals surface area contributed by atoms with E-state index < -0.39 is 14.8 Å². The van der Waals surface area contributed by atoms with Crippen LogP contribution in [0.1, 0.15) is 24.2 Å². The van der Waals surface area contributed by atoms with Gasteiger partial charge >= 0.3 is 0 Å². The minimum Gasteiger partial charge on any atom is -0.302 e. The third-order valence-corrected chi connectivity index (χ3v) is 7.28. The van der Waals surface area contributed by atoms with Gasteiger partial charge in [-0.3, -0.25) is 19.8 Å². The number of hydrogen-bond donors (Lipinski definition) is 0. The van der Waals surface area contributed by atoms with Gasteiger partial charge in [0.2, 0.25) is 0 Å². The minimum atomic E-state index is -3.49. The molecule has 0 saturated heterocycles. The van der Waals surface area contributed by atoms with Crippen LogP contribution in [0.5, 0.6) is 0 Å². The van der Waals surface area contributed by atoms with Crippen molar-refractivity contribution in [3.05, 3.63) is 58.1 Å². The first-order chi connectivity index (χ1) is 15.2. The van der Waals surface area contributed by atoms with Crippen molar-refractivity contribution >= 4 is 48.1 Å². The molecule has 11 heteroatoms. The molecular weight excluding hydrogens is 452 g/mol. The number of amides is 1. The number of fused-ring (bicyclic) bond motifs is 1. The highest BCUT2D eigenvalue weighted by Crippen LogP contribution is 2.33. The van der Waals surface area contributed by atoms with Gasteiger partial charge in [0.15, 0.2) is 15.0 Å². The molecule has 0 unspecified atom stereocenters. The molecule has 3 aromatic rings. The van der Waals surface area contributed by atoms with Gasteiger partial charge in [0.25, 0.3) is 11.6 Å². The van der Waals surface area contributed by atoms with Gasteiger partial charge < -0.3 is 4.90 Å². The molecule has 0 radical (unpaired) electrons. The van der Waals surface area contributed by atoms with Gasteiger partial charge in [-0.25, -0.2) is 13.4 Å². The predicted molar refractivity (Wildman–Crippen MR) is 125 cm³/mol. The maximum Gasteiger partial charge on any atom is 0.269 e. The second-order valence-electron chi connectivity index (χ2n) is 7.16. The Hall–Kier alpha value is -2.89. The largest absolute Gasteiger partial charge is 0.302 e. The average molecular weight is 477 g/mol. The molecule has 0 bridgehead atoms. The zero-order valence-electron chi connectivity index (χ0n) is 18.0. The molecule has 9 nitrogen and oxygen atoms in total. The van der Waals surface area contributed by atoms with Crippen LogP contribution in [0.4, 0.5) is 10.8 Å². The number of thiazole rings is 1. The zero-order chi connectivity index (χ0) is 23.5. The van der Waals surface area contributed by atoms with Gasteiger partial charge in [-0.1, -0.05) is 31.3 Å². The standard InChI is InChI=1S/C21H24N4O5S2/c1-4-23(5-2)13-14-24(20(26)15-9-11-16(12-10-15)25(27)28)21-22-19-17(31-21)7-6-8-18(19)32(3,29)30/h6-12H,4-5,13-14H2,1-3H3. The molecule has 0 saturated carbocycles. The monoisotopic (exact) mass is 476 g/mol. The lowest BCUT2D eigenvalue weighted by Crippen LogP contribution is -2.38. The summed E-state index contributed by atoms with van der Waals surface area (Å²) in [6.07, 6.45) is 1.13. The van der Waals surface area contributed by atoms with Gasteiger partial charge in [-0.05, 0) is 37.4 Å². The molecule has 0 N–H and O–H groups in total. The zero-order valence-corrected chi connectivity index (χ0v) is 19.6. The van der Waals surface area contributed by atoms with E-state index >= 15 is 0 Å². The number of hydrogen-bond acceptors (Lipinski definition) is 8. The molecule has 170 valence electrons. The number of carbonyl (C=O) groups excluding carboxylic acids is 1. The Morgan fingerprint density at radius 1 is 1.09 bits per heavy atom. The lowest BCUT2D eigenvalue weighted by atomic mass is 10.2.